The van der Waals surface area contributed by atoms with Crippen LogP contribution in [0.3, 0.4) is 0 Å². The number of hydrogen-bond acceptors (Lipinski definition) is 2. The van der Waals surface area contributed by atoms with Gasteiger partial charge in [0, 0.05) is 27.3 Å². The van der Waals surface area contributed by atoms with E-state index in [9.17, 15) is 0 Å². The second kappa shape index (κ2) is 16.6. The molecule has 0 rings (SSSR count). The largest absolute Gasteiger partial charge is 0 e. The zero-order valence-electron chi connectivity index (χ0n) is 2.89. The summed E-state index contributed by atoms with van der Waals surface area (Å²) in [6.07, 6.45) is 0. The van der Waals surface area contributed by atoms with Crippen LogP contribution in [0.25, 0.3) is 0 Å². The fraction of sp³-hybridized carbons (Fsp3) is 0. The van der Waals surface area contributed by atoms with Crippen molar-refractivity contribution in [2.45, 2.75) is 0 Å². The molecular weight excluding hydrogens is 289 g/mol. The summed E-state index contributed by atoms with van der Waals surface area (Å²) in [5, 5.41) is 0. The van der Waals surface area contributed by atoms with Crippen molar-refractivity contribution in [3.8, 4) is 0 Å². The maximum atomic E-state index is 8.46. The van der Waals surface area contributed by atoms with Crippen molar-refractivity contribution in [1.82, 2.24) is 0 Å². The van der Waals surface area contributed by atoms with E-state index in [2.05, 4.69) is 0 Å². The summed E-state index contributed by atoms with van der Waals surface area (Å²) in [4.78, 5) is 0. The Morgan fingerprint density at radius 1 is 1.60 bits per heavy atom. The van der Waals surface area contributed by atoms with Crippen LogP contribution >= 0.6 is 0 Å². The molecule has 0 aromatic rings. The first kappa shape index (κ1) is 15.7. The summed E-state index contributed by atoms with van der Waals surface area (Å²) in [5.41, 5.74) is 0. The SMILES string of the molecule is [Na+].[O]=[Al][O-].[Pb]. The molecule has 0 fully saturated rings. The smallest absolute Gasteiger partial charge is 0 e. The summed E-state index contributed by atoms with van der Waals surface area (Å²) < 4.78 is 16.9. The second-order valence-electron chi connectivity index (χ2n) is 0.0962. The van der Waals surface area contributed by atoms with E-state index in [1.807, 2.05) is 0 Å². The van der Waals surface area contributed by atoms with E-state index in [4.69, 9.17) is 7.96 Å². The molecule has 0 amide bonds. The third kappa shape index (κ3) is 23.6. The van der Waals surface area contributed by atoms with Crippen LogP contribution in [0.2, 0.25) is 0 Å². The van der Waals surface area contributed by atoms with Crippen molar-refractivity contribution < 1.29 is 37.5 Å². The molecule has 0 aliphatic rings. The summed E-state index contributed by atoms with van der Waals surface area (Å²) in [7, 11) is 0. The summed E-state index contributed by atoms with van der Waals surface area (Å²) in [6, 6.07) is 0. The van der Waals surface area contributed by atoms with Gasteiger partial charge in [0.1, 0.15) is 0 Å². The molecule has 0 N–H and O–H groups in total. The maximum Gasteiger partial charge on any atom is 0 e. The van der Waals surface area contributed by atoms with Crippen molar-refractivity contribution in [2.24, 2.45) is 0 Å². The molecule has 0 saturated carbocycles. The van der Waals surface area contributed by atoms with Gasteiger partial charge in [-0.1, -0.05) is 0 Å². The van der Waals surface area contributed by atoms with Crippen molar-refractivity contribution in [2.75, 3.05) is 0 Å². The Morgan fingerprint density at radius 3 is 1.60 bits per heavy atom. The van der Waals surface area contributed by atoms with Gasteiger partial charge in [-0.3, -0.25) is 0 Å². The van der Waals surface area contributed by atoms with Gasteiger partial charge in [-0.05, 0) is 0 Å². The molecule has 0 aliphatic heterocycles. The van der Waals surface area contributed by atoms with Crippen LogP contribution in [-0.2, 0) is 3.80 Å². The van der Waals surface area contributed by atoms with E-state index in [1.54, 1.807) is 0 Å². The van der Waals surface area contributed by atoms with Crippen molar-refractivity contribution in [3.05, 3.63) is 0 Å². The topological polar surface area (TPSA) is 40.1 Å². The van der Waals surface area contributed by atoms with E-state index < -0.39 is 15.5 Å². The van der Waals surface area contributed by atoms with E-state index in [0.29, 0.717) is 0 Å². The Kier molecular flexibility index (Phi) is 52.2. The minimum Gasteiger partial charge on any atom is 0 e. The molecule has 0 spiro atoms. The Bertz CT molecular complexity index is 17.1. The molecule has 20 valence electrons. The summed E-state index contributed by atoms with van der Waals surface area (Å²) in [5.74, 6) is 0. The molecule has 0 heterocycles. The van der Waals surface area contributed by atoms with Crippen molar-refractivity contribution >= 4 is 42.8 Å². The van der Waals surface area contributed by atoms with E-state index in [-0.39, 0.29) is 56.9 Å². The first-order chi connectivity index (χ1) is 1.41. The van der Waals surface area contributed by atoms with E-state index >= 15 is 0 Å². The predicted molar refractivity (Wildman–Crippen MR) is 12.2 cm³/mol. The van der Waals surface area contributed by atoms with Crippen LogP contribution in [0.15, 0.2) is 0 Å². The molecular formula is AlNaO2Pb. The van der Waals surface area contributed by atoms with Crippen LogP contribution in [0, 0.1) is 0 Å². The number of hydrogen-bond donors (Lipinski definition) is 0. The van der Waals surface area contributed by atoms with Gasteiger partial charge in [-0.15, -0.1) is 0 Å². The minimum absolute atomic E-state index is 0. The Labute approximate surface area is 79.0 Å². The maximum absolute atomic E-state index is 8.46. The average molecular weight is 289 g/mol. The molecule has 0 unspecified atom stereocenters. The molecule has 4 radical (unpaired) electrons. The molecule has 2 nitrogen and oxygen atoms in total. The van der Waals surface area contributed by atoms with Crippen LogP contribution in [0.5, 0.6) is 0 Å². The third-order valence-electron chi connectivity index (χ3n) is 0. The quantitative estimate of drug-likeness (QED) is 0.419. The Morgan fingerprint density at radius 2 is 1.60 bits per heavy atom. The van der Waals surface area contributed by atoms with Crippen LogP contribution in [0.1, 0.15) is 0 Å². The molecule has 0 aromatic heterocycles. The molecule has 0 aromatic carbocycles. The van der Waals surface area contributed by atoms with Crippen LogP contribution in [0.4, 0.5) is 0 Å². The van der Waals surface area contributed by atoms with Gasteiger partial charge in [-0.25, -0.2) is 0 Å². The van der Waals surface area contributed by atoms with Gasteiger partial charge in [-0.2, -0.15) is 0 Å². The first-order valence-electron chi connectivity index (χ1n) is 0.471. The Hall–Kier alpha value is 2.05. The van der Waals surface area contributed by atoms with Crippen LogP contribution < -0.4 is 33.7 Å². The fourth-order valence-electron chi connectivity index (χ4n) is 0. The Balaban J connectivity index is -0.0000000200. The van der Waals surface area contributed by atoms with Gasteiger partial charge in [0.25, 0.3) is 0 Å². The zero-order valence-corrected chi connectivity index (χ0v) is 9.94. The molecule has 0 saturated heterocycles. The average Bonchev–Trinajstić information content (AvgIpc) is 0.918. The minimum atomic E-state index is -1.75. The third-order valence-corrected chi connectivity index (χ3v) is 0. The second-order valence-corrected chi connectivity index (χ2v) is 0.289. The molecule has 5 heavy (non-hydrogen) atoms. The molecule has 0 aliphatic carbocycles. The predicted octanol–water partition coefficient (Wildman–Crippen LogP) is -5.07. The molecule has 5 heteroatoms. The van der Waals surface area contributed by atoms with Crippen molar-refractivity contribution in [1.29, 1.82) is 0 Å². The first-order valence-corrected chi connectivity index (χ1v) is 1.41. The standard InChI is InChI=1S/Al.Na.2O.Pb/q;+1;;-1;. The normalized spacial score (nSPS) is 1.60. The summed E-state index contributed by atoms with van der Waals surface area (Å²) >= 11 is -1.75. The van der Waals surface area contributed by atoms with E-state index in [1.165, 1.54) is 0 Å². The fourth-order valence-corrected chi connectivity index (χ4v) is 0. The van der Waals surface area contributed by atoms with Crippen LogP contribution in [-0.4, -0.2) is 42.8 Å². The van der Waals surface area contributed by atoms with E-state index in [0.717, 1.165) is 0 Å². The molecule has 0 atom stereocenters. The van der Waals surface area contributed by atoms with Crippen molar-refractivity contribution in [3.63, 3.8) is 0 Å². The van der Waals surface area contributed by atoms with Gasteiger partial charge in [0.2, 0.25) is 0 Å². The number of rotatable bonds is 0. The van der Waals surface area contributed by atoms with Gasteiger partial charge in [0.05, 0.1) is 0 Å². The van der Waals surface area contributed by atoms with Gasteiger partial charge in [0.15, 0.2) is 0 Å². The summed E-state index contributed by atoms with van der Waals surface area (Å²) in [6.45, 7) is 0. The zero-order chi connectivity index (χ0) is 2.71. The molecule has 0 bridgehead atoms. The van der Waals surface area contributed by atoms with Gasteiger partial charge < -0.3 is 0 Å². The monoisotopic (exact) mass is 290 g/mol. The van der Waals surface area contributed by atoms with Gasteiger partial charge >= 0.3 is 53.0 Å².